The highest BCUT2D eigenvalue weighted by Crippen LogP contribution is 1.98. The van der Waals surface area contributed by atoms with Gasteiger partial charge in [0.15, 0.2) is 0 Å². The van der Waals surface area contributed by atoms with E-state index >= 15 is 0 Å². The minimum Gasteiger partial charge on any atom is -0.384 e. The molecule has 0 aromatic heterocycles. The fraction of sp³-hybridized carbons (Fsp3) is 1.00. The summed E-state index contributed by atoms with van der Waals surface area (Å²) in [4.78, 5) is 0. The Morgan fingerprint density at radius 2 is 1.31 bits per heavy atom. The highest BCUT2D eigenvalue weighted by Gasteiger charge is 1.96. The van der Waals surface area contributed by atoms with Crippen LogP contribution in [0.4, 0.5) is 0 Å². The Kier molecular flexibility index (Phi) is 31.7. The van der Waals surface area contributed by atoms with E-state index in [1.54, 1.807) is 14.2 Å². The second kappa shape index (κ2) is 20.3. The summed E-state index contributed by atoms with van der Waals surface area (Å²) in [7, 11) is 3.50. The van der Waals surface area contributed by atoms with Crippen molar-refractivity contribution in [1.82, 2.24) is 0 Å². The Morgan fingerprint density at radius 1 is 0.875 bits per heavy atom. The summed E-state index contributed by atoms with van der Waals surface area (Å²) >= 11 is 0. The van der Waals surface area contributed by atoms with Crippen molar-refractivity contribution >= 4 is 0 Å². The summed E-state index contributed by atoms with van der Waals surface area (Å²) in [5, 5.41) is 0. The van der Waals surface area contributed by atoms with Crippen molar-refractivity contribution < 1.29 is 9.47 Å². The van der Waals surface area contributed by atoms with Crippen LogP contribution in [-0.4, -0.2) is 26.9 Å². The first-order valence-electron chi connectivity index (χ1n) is 5.67. The van der Waals surface area contributed by atoms with Crippen LogP contribution in [0.15, 0.2) is 0 Å². The molecule has 0 bridgehead atoms. The Morgan fingerprint density at radius 3 is 1.38 bits per heavy atom. The number of rotatable bonds is 6. The summed E-state index contributed by atoms with van der Waals surface area (Å²) in [5.41, 5.74) is 0. The van der Waals surface area contributed by atoms with Gasteiger partial charge in [0.25, 0.3) is 0 Å². The maximum atomic E-state index is 5.05. The average Bonchev–Trinajstić information content (AvgIpc) is 2.22. The van der Waals surface area contributed by atoms with Gasteiger partial charge in [0, 0.05) is 20.8 Å². The molecule has 0 aliphatic heterocycles. The zero-order chi connectivity index (χ0) is 11.4. The van der Waals surface area contributed by atoms with Gasteiger partial charge in [-0.25, -0.2) is 0 Å². The molecular formula is C14H36O2. The van der Waals surface area contributed by atoms with Crippen molar-refractivity contribution in [3.63, 3.8) is 0 Å². The van der Waals surface area contributed by atoms with E-state index in [-0.39, 0.29) is 14.9 Å². The van der Waals surface area contributed by atoms with Crippen LogP contribution in [0.3, 0.4) is 0 Å². The number of hydrogen-bond donors (Lipinski definition) is 0. The summed E-state index contributed by atoms with van der Waals surface area (Å²) in [5.74, 6) is 0.727. The lowest BCUT2D eigenvalue weighted by Gasteiger charge is -2.07. The maximum absolute atomic E-state index is 5.05. The monoisotopic (exact) mass is 236 g/mol. The van der Waals surface area contributed by atoms with E-state index in [0.29, 0.717) is 6.10 Å². The van der Waals surface area contributed by atoms with Gasteiger partial charge >= 0.3 is 0 Å². The van der Waals surface area contributed by atoms with E-state index in [2.05, 4.69) is 27.7 Å². The first-order valence-corrected chi connectivity index (χ1v) is 5.67. The molecule has 0 saturated heterocycles. The van der Waals surface area contributed by atoms with Crippen molar-refractivity contribution in [2.45, 2.75) is 67.9 Å². The standard InChI is InChI=1S/2C6H14O.2CH4/c1-4-6(2)5-7-3;1-4-6(5-2)7-3;;/h2*6H,4-5H2,1-3H3;2*1H4. The van der Waals surface area contributed by atoms with Crippen LogP contribution in [0.2, 0.25) is 0 Å². The van der Waals surface area contributed by atoms with Crippen LogP contribution in [0.5, 0.6) is 0 Å². The summed E-state index contributed by atoms with van der Waals surface area (Å²) < 4.78 is 9.94. The second-order valence-electron chi connectivity index (χ2n) is 3.64. The molecule has 2 heteroatoms. The zero-order valence-electron chi connectivity index (χ0n) is 10.8. The van der Waals surface area contributed by atoms with Gasteiger partial charge < -0.3 is 9.47 Å². The van der Waals surface area contributed by atoms with Gasteiger partial charge in [0.05, 0.1) is 6.10 Å². The molecule has 0 rings (SSSR count). The van der Waals surface area contributed by atoms with Crippen LogP contribution in [0.25, 0.3) is 0 Å². The van der Waals surface area contributed by atoms with Gasteiger partial charge in [-0.2, -0.15) is 0 Å². The zero-order valence-corrected chi connectivity index (χ0v) is 10.8. The van der Waals surface area contributed by atoms with E-state index in [1.165, 1.54) is 6.42 Å². The molecule has 0 aromatic carbocycles. The minimum absolute atomic E-state index is 0. The molecule has 0 aliphatic rings. The number of hydrogen-bond acceptors (Lipinski definition) is 2. The quantitative estimate of drug-likeness (QED) is 0.661. The van der Waals surface area contributed by atoms with Crippen LogP contribution in [0, 0.1) is 5.92 Å². The first-order chi connectivity index (χ1) is 6.65. The normalized spacial score (nSPS) is 10.7. The third-order valence-electron chi connectivity index (χ3n) is 2.39. The molecule has 16 heavy (non-hydrogen) atoms. The van der Waals surface area contributed by atoms with Crippen molar-refractivity contribution in [2.24, 2.45) is 5.92 Å². The van der Waals surface area contributed by atoms with Crippen molar-refractivity contribution in [3.05, 3.63) is 0 Å². The van der Waals surface area contributed by atoms with Crippen LogP contribution in [0.1, 0.15) is 61.8 Å². The average molecular weight is 236 g/mol. The number of methoxy groups -OCH3 is 2. The lowest BCUT2D eigenvalue weighted by molar-refractivity contribution is 0.0964. The fourth-order valence-corrected chi connectivity index (χ4v) is 1.02. The largest absolute Gasteiger partial charge is 0.384 e. The predicted molar refractivity (Wildman–Crippen MR) is 76.2 cm³/mol. The Balaban J connectivity index is -0.0000000800. The highest BCUT2D eigenvalue weighted by atomic mass is 16.5. The Labute approximate surface area is 105 Å². The third kappa shape index (κ3) is 19.5. The van der Waals surface area contributed by atoms with Crippen molar-refractivity contribution in [2.75, 3.05) is 20.8 Å². The molecule has 104 valence electrons. The molecule has 1 atom stereocenters. The minimum atomic E-state index is 0. The topological polar surface area (TPSA) is 18.5 Å². The van der Waals surface area contributed by atoms with E-state index < -0.39 is 0 Å². The van der Waals surface area contributed by atoms with Gasteiger partial charge in [0.2, 0.25) is 0 Å². The van der Waals surface area contributed by atoms with Crippen LogP contribution >= 0.6 is 0 Å². The number of ether oxygens (including phenoxy) is 2. The highest BCUT2D eigenvalue weighted by molar-refractivity contribution is 4.47. The van der Waals surface area contributed by atoms with Gasteiger partial charge in [-0.05, 0) is 18.8 Å². The van der Waals surface area contributed by atoms with E-state index in [9.17, 15) is 0 Å². The summed E-state index contributed by atoms with van der Waals surface area (Å²) in [6.45, 7) is 9.53. The summed E-state index contributed by atoms with van der Waals surface area (Å²) in [6.07, 6.45) is 3.97. The molecule has 0 N–H and O–H groups in total. The molecule has 0 amide bonds. The molecule has 0 heterocycles. The molecular weight excluding hydrogens is 200 g/mol. The summed E-state index contributed by atoms with van der Waals surface area (Å²) in [6, 6.07) is 0. The van der Waals surface area contributed by atoms with Gasteiger partial charge in [-0.15, -0.1) is 0 Å². The lowest BCUT2D eigenvalue weighted by atomic mass is 10.1. The predicted octanol–water partition coefficient (Wildman–Crippen LogP) is 4.77. The Hall–Kier alpha value is -0.0800. The van der Waals surface area contributed by atoms with Crippen LogP contribution in [-0.2, 0) is 9.47 Å². The van der Waals surface area contributed by atoms with Gasteiger partial charge in [-0.3, -0.25) is 0 Å². The molecule has 0 radical (unpaired) electrons. The van der Waals surface area contributed by atoms with Crippen molar-refractivity contribution in [1.29, 1.82) is 0 Å². The lowest BCUT2D eigenvalue weighted by Crippen LogP contribution is -2.05. The molecule has 0 fully saturated rings. The van der Waals surface area contributed by atoms with E-state index in [4.69, 9.17) is 9.47 Å². The smallest absolute Gasteiger partial charge is 0.0566 e. The molecule has 0 saturated carbocycles. The molecule has 0 spiro atoms. The van der Waals surface area contributed by atoms with Crippen molar-refractivity contribution in [3.8, 4) is 0 Å². The first kappa shape index (κ1) is 24.9. The third-order valence-corrected chi connectivity index (χ3v) is 2.39. The van der Waals surface area contributed by atoms with Gasteiger partial charge in [-0.1, -0.05) is 49.0 Å². The second-order valence-corrected chi connectivity index (χ2v) is 3.64. The van der Waals surface area contributed by atoms with Gasteiger partial charge in [0.1, 0.15) is 0 Å². The Bertz CT molecular complexity index is 85.2. The molecule has 0 aromatic rings. The van der Waals surface area contributed by atoms with Crippen LogP contribution < -0.4 is 0 Å². The van der Waals surface area contributed by atoms with E-state index in [1.807, 2.05) is 0 Å². The fourth-order valence-electron chi connectivity index (χ4n) is 1.02. The molecule has 2 nitrogen and oxygen atoms in total. The van der Waals surface area contributed by atoms with E-state index in [0.717, 1.165) is 25.4 Å². The SMILES string of the molecule is C.C.CCC(C)COC.CCC(CC)OC. The maximum Gasteiger partial charge on any atom is 0.0566 e. The molecule has 1 unspecified atom stereocenters. The molecule has 0 aliphatic carbocycles.